The zero-order valence-electron chi connectivity index (χ0n) is 7.97. The van der Waals surface area contributed by atoms with E-state index in [2.05, 4.69) is 5.10 Å². The average molecular weight is 207 g/mol. The van der Waals surface area contributed by atoms with Crippen molar-refractivity contribution in [3.63, 3.8) is 0 Å². The number of alkyl halides is 3. The zero-order chi connectivity index (χ0) is 10.9. The fourth-order valence-corrected chi connectivity index (χ4v) is 1.22. The summed E-state index contributed by atoms with van der Waals surface area (Å²) in [6.45, 7) is 1.72. The van der Waals surface area contributed by atoms with Crippen molar-refractivity contribution in [3.05, 3.63) is 17.5 Å². The lowest BCUT2D eigenvalue weighted by Gasteiger charge is -2.04. The molecule has 1 rings (SSSR count). The number of hydrogen-bond acceptors (Lipinski definition) is 2. The molecule has 6 heteroatoms. The van der Waals surface area contributed by atoms with Gasteiger partial charge in [-0.15, -0.1) is 0 Å². The van der Waals surface area contributed by atoms with Gasteiger partial charge >= 0.3 is 6.18 Å². The van der Waals surface area contributed by atoms with Crippen LogP contribution in [0.25, 0.3) is 0 Å². The van der Waals surface area contributed by atoms with Gasteiger partial charge in [0.25, 0.3) is 0 Å². The van der Waals surface area contributed by atoms with Gasteiger partial charge in [-0.1, -0.05) is 0 Å². The monoisotopic (exact) mass is 207 g/mol. The van der Waals surface area contributed by atoms with Crippen molar-refractivity contribution in [2.24, 2.45) is 12.8 Å². The molecule has 1 atom stereocenters. The van der Waals surface area contributed by atoms with Crippen molar-refractivity contribution >= 4 is 0 Å². The Bertz CT molecular complexity index is 314. The van der Waals surface area contributed by atoms with Crippen molar-refractivity contribution < 1.29 is 13.2 Å². The maximum absolute atomic E-state index is 12.3. The second-order valence-electron chi connectivity index (χ2n) is 3.32. The van der Waals surface area contributed by atoms with Gasteiger partial charge in [-0.05, 0) is 13.0 Å². The van der Waals surface area contributed by atoms with Crippen LogP contribution in [-0.4, -0.2) is 15.8 Å². The smallest absolute Gasteiger partial charge is 0.328 e. The van der Waals surface area contributed by atoms with E-state index in [0.29, 0.717) is 12.1 Å². The van der Waals surface area contributed by atoms with Gasteiger partial charge in [0.2, 0.25) is 0 Å². The van der Waals surface area contributed by atoms with E-state index >= 15 is 0 Å². The van der Waals surface area contributed by atoms with Crippen LogP contribution in [0.5, 0.6) is 0 Å². The van der Waals surface area contributed by atoms with E-state index in [-0.39, 0.29) is 6.04 Å². The molecule has 0 aromatic carbocycles. The van der Waals surface area contributed by atoms with Crippen LogP contribution in [0.2, 0.25) is 0 Å². The first-order valence-corrected chi connectivity index (χ1v) is 4.16. The van der Waals surface area contributed by atoms with Crippen molar-refractivity contribution in [3.8, 4) is 0 Å². The van der Waals surface area contributed by atoms with Crippen LogP contribution in [0, 0.1) is 0 Å². The summed E-state index contributed by atoms with van der Waals surface area (Å²) in [7, 11) is 1.27. The van der Waals surface area contributed by atoms with E-state index in [9.17, 15) is 13.2 Å². The quantitative estimate of drug-likeness (QED) is 0.795. The van der Waals surface area contributed by atoms with Gasteiger partial charge in [0.15, 0.2) is 0 Å². The van der Waals surface area contributed by atoms with E-state index in [1.165, 1.54) is 7.05 Å². The number of halogens is 3. The Morgan fingerprint density at radius 2 is 2.14 bits per heavy atom. The van der Waals surface area contributed by atoms with Crippen LogP contribution in [0.3, 0.4) is 0 Å². The molecule has 14 heavy (non-hydrogen) atoms. The van der Waals surface area contributed by atoms with Crippen LogP contribution in [0.4, 0.5) is 13.2 Å². The van der Waals surface area contributed by atoms with Crippen molar-refractivity contribution in [1.29, 1.82) is 0 Å². The molecule has 0 aliphatic rings. The van der Waals surface area contributed by atoms with Crippen LogP contribution >= 0.6 is 0 Å². The van der Waals surface area contributed by atoms with Crippen molar-refractivity contribution in [1.82, 2.24) is 9.78 Å². The molecular formula is C8H12F3N3. The second-order valence-corrected chi connectivity index (χ2v) is 3.32. The van der Waals surface area contributed by atoms with Gasteiger partial charge < -0.3 is 5.73 Å². The Morgan fingerprint density at radius 1 is 1.57 bits per heavy atom. The van der Waals surface area contributed by atoms with Crippen molar-refractivity contribution in [2.75, 3.05) is 0 Å². The fourth-order valence-electron chi connectivity index (χ4n) is 1.22. The predicted molar refractivity (Wildman–Crippen MR) is 45.6 cm³/mol. The number of hydrogen-bond donors (Lipinski definition) is 1. The molecule has 3 nitrogen and oxygen atoms in total. The number of nitrogens with zero attached hydrogens (tertiary/aromatic N) is 2. The molecule has 0 bridgehead atoms. The number of aryl methyl sites for hydroxylation is 1. The number of rotatable bonds is 2. The number of nitrogens with two attached hydrogens (primary N) is 1. The van der Waals surface area contributed by atoms with Crippen LogP contribution in [-0.2, 0) is 19.6 Å². The molecule has 1 aromatic rings. The molecule has 0 radical (unpaired) electrons. The first-order chi connectivity index (χ1) is 6.30. The molecule has 80 valence electrons. The maximum Gasteiger partial charge on any atom is 0.433 e. The molecule has 1 unspecified atom stereocenters. The molecule has 0 saturated heterocycles. The molecule has 0 aliphatic carbocycles. The van der Waals surface area contributed by atoms with Gasteiger partial charge in [0.1, 0.15) is 5.69 Å². The molecule has 1 heterocycles. The van der Waals surface area contributed by atoms with Crippen molar-refractivity contribution in [2.45, 2.75) is 25.6 Å². The highest BCUT2D eigenvalue weighted by molar-refractivity contribution is 5.14. The van der Waals surface area contributed by atoms with E-state index in [1.54, 1.807) is 6.92 Å². The summed E-state index contributed by atoms with van der Waals surface area (Å²) in [5, 5.41) is 3.73. The average Bonchev–Trinajstić information content (AvgIpc) is 2.27. The molecule has 0 amide bonds. The standard InChI is InChI=1S/C8H12F3N3/c1-5(12)3-6-4-7(8(9,10)11)14(2)13-6/h4-5H,3,12H2,1-2H3. The first kappa shape index (κ1) is 11.0. The predicted octanol–water partition coefficient (Wildman–Crippen LogP) is 1.33. The maximum atomic E-state index is 12.3. The van der Waals surface area contributed by atoms with Crippen LogP contribution in [0.15, 0.2) is 6.07 Å². The zero-order valence-corrected chi connectivity index (χ0v) is 7.97. The van der Waals surface area contributed by atoms with Gasteiger partial charge in [-0.25, -0.2) is 0 Å². The minimum atomic E-state index is -4.35. The highest BCUT2D eigenvalue weighted by Crippen LogP contribution is 2.29. The second kappa shape index (κ2) is 3.61. The summed E-state index contributed by atoms with van der Waals surface area (Å²) < 4.78 is 37.8. The van der Waals surface area contributed by atoms with Gasteiger partial charge in [0, 0.05) is 19.5 Å². The molecule has 0 fully saturated rings. The fraction of sp³-hybridized carbons (Fsp3) is 0.625. The summed E-state index contributed by atoms with van der Waals surface area (Å²) in [6, 6.07) is 0.842. The summed E-state index contributed by atoms with van der Waals surface area (Å²) >= 11 is 0. The molecule has 1 aromatic heterocycles. The third kappa shape index (κ3) is 2.47. The Hall–Kier alpha value is -1.04. The third-order valence-corrected chi connectivity index (χ3v) is 1.75. The Morgan fingerprint density at radius 3 is 2.50 bits per heavy atom. The Labute approximate surface area is 79.7 Å². The summed E-state index contributed by atoms with van der Waals surface area (Å²) in [6.07, 6.45) is -4.00. The van der Waals surface area contributed by atoms with E-state index in [0.717, 1.165) is 10.7 Å². The topological polar surface area (TPSA) is 43.8 Å². The van der Waals surface area contributed by atoms with Crippen LogP contribution in [0.1, 0.15) is 18.3 Å². The highest BCUT2D eigenvalue weighted by atomic mass is 19.4. The molecule has 0 aliphatic heterocycles. The molecule has 0 spiro atoms. The third-order valence-electron chi connectivity index (χ3n) is 1.75. The summed E-state index contributed by atoms with van der Waals surface area (Å²) in [5.74, 6) is 0. The Kier molecular flexibility index (Phi) is 2.84. The number of aromatic nitrogens is 2. The summed E-state index contributed by atoms with van der Waals surface area (Å²) in [5.41, 5.74) is 5.09. The SMILES string of the molecule is CC(N)Cc1cc(C(F)(F)F)n(C)n1. The first-order valence-electron chi connectivity index (χ1n) is 4.16. The molecule has 2 N–H and O–H groups in total. The minimum absolute atomic E-state index is 0.189. The van der Waals surface area contributed by atoms with Crippen LogP contribution < -0.4 is 5.73 Å². The normalized spacial score (nSPS) is 14.4. The molecule has 0 saturated carbocycles. The highest BCUT2D eigenvalue weighted by Gasteiger charge is 2.34. The largest absolute Gasteiger partial charge is 0.433 e. The van der Waals surface area contributed by atoms with E-state index in [1.807, 2.05) is 0 Å². The van der Waals surface area contributed by atoms with Gasteiger partial charge in [0.05, 0.1) is 5.69 Å². The Balaban J connectivity index is 2.94. The lowest BCUT2D eigenvalue weighted by Crippen LogP contribution is -2.18. The molecular weight excluding hydrogens is 195 g/mol. The van der Waals surface area contributed by atoms with Gasteiger partial charge in [-0.3, -0.25) is 4.68 Å². The van der Waals surface area contributed by atoms with Gasteiger partial charge in [-0.2, -0.15) is 18.3 Å². The summed E-state index contributed by atoms with van der Waals surface area (Å²) in [4.78, 5) is 0. The van der Waals surface area contributed by atoms with E-state index < -0.39 is 11.9 Å². The minimum Gasteiger partial charge on any atom is -0.328 e. The lowest BCUT2D eigenvalue weighted by atomic mass is 10.2. The van der Waals surface area contributed by atoms with E-state index in [4.69, 9.17) is 5.73 Å². The lowest BCUT2D eigenvalue weighted by molar-refractivity contribution is -0.143.